The fourth-order valence-electron chi connectivity index (χ4n) is 1.83. The predicted molar refractivity (Wildman–Crippen MR) is 82.3 cm³/mol. The monoisotopic (exact) mass is 313 g/mol. The summed E-state index contributed by atoms with van der Waals surface area (Å²) in [5.41, 5.74) is 1.17. The zero-order chi connectivity index (χ0) is 16.8. The zero-order valence-corrected chi connectivity index (χ0v) is 12.7. The van der Waals surface area contributed by atoms with Crippen molar-refractivity contribution in [1.29, 1.82) is 0 Å². The van der Waals surface area contributed by atoms with E-state index in [1.54, 1.807) is 25.1 Å². The van der Waals surface area contributed by atoms with Gasteiger partial charge in [0.1, 0.15) is 12.1 Å². The lowest BCUT2D eigenvalue weighted by molar-refractivity contribution is -0.134. The zero-order valence-electron chi connectivity index (χ0n) is 12.7. The van der Waals surface area contributed by atoms with Crippen LogP contribution >= 0.6 is 0 Å². The van der Waals surface area contributed by atoms with E-state index >= 15 is 0 Å². The average molecular weight is 313 g/mol. The molecule has 0 aliphatic rings. The first-order valence-corrected chi connectivity index (χ1v) is 6.79. The lowest BCUT2D eigenvalue weighted by Gasteiger charge is -2.06. The Morgan fingerprint density at radius 3 is 2.74 bits per heavy atom. The maximum absolute atomic E-state index is 12.1. The van der Waals surface area contributed by atoms with Gasteiger partial charge < -0.3 is 10.1 Å². The number of ether oxygens (including phenoxy) is 1. The first kappa shape index (κ1) is 16.3. The Balaban J connectivity index is 2.02. The number of hydrogen-bond acceptors (Lipinski definition) is 6. The molecule has 1 amide bonds. The quantitative estimate of drug-likeness (QED) is 0.494. The molecule has 0 saturated carbocycles. The first-order valence-electron chi connectivity index (χ1n) is 6.79. The number of aryl methyl sites for hydroxylation is 1. The standard InChI is InChI=1S/C16H15N3O4/c1-10-13(8-17-9-18-10)19-16(22)15(21)7-14(20)11-4-3-5-12(6-11)23-2/h3-6,8-9H,7H2,1-2H3,(H,19,22). The van der Waals surface area contributed by atoms with Gasteiger partial charge in [-0.15, -0.1) is 0 Å². The molecule has 1 heterocycles. The van der Waals surface area contributed by atoms with Crippen LogP contribution in [0.15, 0.2) is 36.8 Å². The van der Waals surface area contributed by atoms with Gasteiger partial charge in [0.2, 0.25) is 5.78 Å². The highest BCUT2D eigenvalue weighted by Gasteiger charge is 2.20. The van der Waals surface area contributed by atoms with E-state index in [1.807, 2.05) is 0 Å². The lowest BCUT2D eigenvalue weighted by Crippen LogP contribution is -2.25. The molecule has 0 aliphatic heterocycles. The lowest BCUT2D eigenvalue weighted by atomic mass is 10.1. The summed E-state index contributed by atoms with van der Waals surface area (Å²) >= 11 is 0. The first-order chi connectivity index (χ1) is 11.0. The van der Waals surface area contributed by atoms with Crippen molar-refractivity contribution in [2.75, 3.05) is 12.4 Å². The fourth-order valence-corrected chi connectivity index (χ4v) is 1.83. The molecule has 0 aliphatic carbocycles. The summed E-state index contributed by atoms with van der Waals surface area (Å²) in [5.74, 6) is -1.66. The largest absolute Gasteiger partial charge is 0.497 e. The van der Waals surface area contributed by atoms with Gasteiger partial charge in [-0.1, -0.05) is 12.1 Å². The fraction of sp³-hybridized carbons (Fsp3) is 0.188. The second-order valence-corrected chi connectivity index (χ2v) is 4.73. The Hall–Kier alpha value is -3.09. The van der Waals surface area contributed by atoms with Gasteiger partial charge in [0, 0.05) is 5.56 Å². The highest BCUT2D eigenvalue weighted by Crippen LogP contribution is 2.14. The van der Waals surface area contributed by atoms with E-state index in [0.717, 1.165) is 0 Å². The Bertz CT molecular complexity index is 758. The molecule has 0 atom stereocenters. The molecule has 1 N–H and O–H groups in total. The maximum atomic E-state index is 12.1. The van der Waals surface area contributed by atoms with Crippen LogP contribution < -0.4 is 10.1 Å². The molecule has 1 aromatic heterocycles. The molecular formula is C16H15N3O4. The van der Waals surface area contributed by atoms with Gasteiger partial charge in [0.05, 0.1) is 31.1 Å². The second kappa shape index (κ2) is 7.26. The number of nitrogens with one attached hydrogen (secondary N) is 1. The van der Waals surface area contributed by atoms with E-state index in [4.69, 9.17) is 4.74 Å². The van der Waals surface area contributed by atoms with Crippen LogP contribution in [0.2, 0.25) is 0 Å². The van der Waals surface area contributed by atoms with E-state index in [-0.39, 0.29) is 0 Å². The summed E-state index contributed by atoms with van der Waals surface area (Å²) in [6.45, 7) is 1.67. The number of carbonyl (C=O) groups excluding carboxylic acids is 3. The molecule has 0 unspecified atom stereocenters. The molecule has 118 valence electrons. The Morgan fingerprint density at radius 2 is 2.04 bits per heavy atom. The molecule has 0 saturated heterocycles. The predicted octanol–water partition coefficient (Wildman–Crippen LogP) is 1.57. The number of methoxy groups -OCH3 is 1. The normalized spacial score (nSPS) is 10.0. The Labute approximate surface area is 132 Å². The second-order valence-electron chi connectivity index (χ2n) is 4.73. The molecule has 0 bridgehead atoms. The van der Waals surface area contributed by atoms with Gasteiger partial charge in [-0.25, -0.2) is 9.97 Å². The van der Waals surface area contributed by atoms with Crippen molar-refractivity contribution in [3.05, 3.63) is 48.0 Å². The van der Waals surface area contributed by atoms with Crippen molar-refractivity contribution < 1.29 is 19.1 Å². The maximum Gasteiger partial charge on any atom is 0.292 e. The molecule has 2 aromatic rings. The number of benzene rings is 1. The van der Waals surface area contributed by atoms with Gasteiger partial charge in [-0.2, -0.15) is 0 Å². The molecule has 7 heteroatoms. The summed E-state index contributed by atoms with van der Waals surface area (Å²) < 4.78 is 5.02. The van der Waals surface area contributed by atoms with E-state index in [0.29, 0.717) is 22.7 Å². The van der Waals surface area contributed by atoms with Crippen molar-refractivity contribution in [2.24, 2.45) is 0 Å². The van der Waals surface area contributed by atoms with Gasteiger partial charge >= 0.3 is 0 Å². The van der Waals surface area contributed by atoms with Gasteiger partial charge in [-0.3, -0.25) is 14.4 Å². The summed E-state index contributed by atoms with van der Waals surface area (Å²) in [6.07, 6.45) is 2.20. The van der Waals surface area contributed by atoms with Crippen LogP contribution in [0.1, 0.15) is 22.5 Å². The van der Waals surface area contributed by atoms with Crippen LogP contribution in [-0.2, 0) is 9.59 Å². The number of nitrogens with zero attached hydrogens (tertiary/aromatic N) is 2. The van der Waals surface area contributed by atoms with Crippen molar-refractivity contribution in [3.63, 3.8) is 0 Å². The van der Waals surface area contributed by atoms with Gasteiger partial charge in [0.15, 0.2) is 5.78 Å². The van der Waals surface area contributed by atoms with Crippen LogP contribution in [0.3, 0.4) is 0 Å². The van der Waals surface area contributed by atoms with Crippen molar-refractivity contribution in [3.8, 4) is 5.75 Å². The average Bonchev–Trinajstić information content (AvgIpc) is 2.56. The number of Topliss-reactive ketones (excluding diaryl/α,β-unsaturated/α-hetero) is 2. The molecule has 1 aromatic carbocycles. The van der Waals surface area contributed by atoms with Crippen molar-refractivity contribution in [1.82, 2.24) is 9.97 Å². The van der Waals surface area contributed by atoms with Crippen LogP contribution in [0.25, 0.3) is 0 Å². The minimum Gasteiger partial charge on any atom is -0.497 e. The summed E-state index contributed by atoms with van der Waals surface area (Å²) in [5, 5.41) is 2.40. The van der Waals surface area contributed by atoms with Crippen molar-refractivity contribution in [2.45, 2.75) is 13.3 Å². The van der Waals surface area contributed by atoms with E-state index in [2.05, 4.69) is 15.3 Å². The van der Waals surface area contributed by atoms with Gasteiger partial charge in [0.25, 0.3) is 5.91 Å². The topological polar surface area (TPSA) is 98.2 Å². The highest BCUT2D eigenvalue weighted by molar-refractivity contribution is 6.44. The van der Waals surface area contributed by atoms with E-state index in [9.17, 15) is 14.4 Å². The van der Waals surface area contributed by atoms with Crippen LogP contribution in [0.4, 0.5) is 5.69 Å². The molecule has 2 rings (SSSR count). The number of rotatable bonds is 6. The summed E-state index contributed by atoms with van der Waals surface area (Å²) in [6, 6.07) is 6.40. The van der Waals surface area contributed by atoms with Crippen LogP contribution in [0, 0.1) is 6.92 Å². The summed E-state index contributed by atoms with van der Waals surface area (Å²) in [4.78, 5) is 43.5. The third-order valence-electron chi connectivity index (χ3n) is 3.13. The number of hydrogen-bond donors (Lipinski definition) is 1. The summed E-state index contributed by atoms with van der Waals surface area (Å²) in [7, 11) is 1.48. The molecule has 0 spiro atoms. The molecule has 0 fully saturated rings. The smallest absolute Gasteiger partial charge is 0.292 e. The van der Waals surface area contributed by atoms with Crippen LogP contribution in [0.5, 0.6) is 5.75 Å². The highest BCUT2D eigenvalue weighted by atomic mass is 16.5. The minimum absolute atomic E-state index is 0.310. The number of aromatic nitrogens is 2. The number of amides is 1. The van der Waals surface area contributed by atoms with Gasteiger partial charge in [-0.05, 0) is 19.1 Å². The molecule has 0 radical (unpaired) electrons. The third-order valence-corrected chi connectivity index (χ3v) is 3.13. The van der Waals surface area contributed by atoms with E-state index in [1.165, 1.54) is 25.7 Å². The molecular weight excluding hydrogens is 298 g/mol. The molecule has 7 nitrogen and oxygen atoms in total. The Kier molecular flexibility index (Phi) is 5.14. The number of ketones is 2. The van der Waals surface area contributed by atoms with E-state index < -0.39 is 23.9 Å². The Morgan fingerprint density at radius 1 is 1.26 bits per heavy atom. The van der Waals surface area contributed by atoms with Crippen molar-refractivity contribution >= 4 is 23.2 Å². The van der Waals surface area contributed by atoms with Crippen LogP contribution in [-0.4, -0.2) is 34.6 Å². The third kappa shape index (κ3) is 4.19. The number of anilines is 1. The SMILES string of the molecule is COc1cccc(C(=O)CC(=O)C(=O)Nc2cncnc2C)c1. The minimum atomic E-state index is -0.876. The number of carbonyl (C=O) groups is 3. The molecule has 23 heavy (non-hydrogen) atoms.